The van der Waals surface area contributed by atoms with Crippen LogP contribution in [-0.4, -0.2) is 4.98 Å². The van der Waals surface area contributed by atoms with Crippen LogP contribution >= 0.6 is 11.6 Å². The van der Waals surface area contributed by atoms with Gasteiger partial charge in [0.25, 0.3) is 0 Å². The van der Waals surface area contributed by atoms with Crippen molar-refractivity contribution in [2.75, 3.05) is 0 Å². The minimum atomic E-state index is -0.325. The van der Waals surface area contributed by atoms with Gasteiger partial charge in [-0.1, -0.05) is 23.7 Å². The molecule has 19 heavy (non-hydrogen) atoms. The van der Waals surface area contributed by atoms with Gasteiger partial charge in [0.15, 0.2) is 5.58 Å². The topological polar surface area (TPSA) is 26.0 Å². The van der Waals surface area contributed by atoms with E-state index in [1.165, 1.54) is 12.1 Å². The van der Waals surface area contributed by atoms with Crippen molar-refractivity contribution in [3.8, 4) is 0 Å². The molecule has 0 radical (unpaired) electrons. The Balaban J connectivity index is 1.90. The molecule has 0 amide bonds. The van der Waals surface area contributed by atoms with E-state index >= 15 is 0 Å². The van der Waals surface area contributed by atoms with Gasteiger partial charge in [0.1, 0.15) is 11.3 Å². The molecule has 0 aliphatic heterocycles. The van der Waals surface area contributed by atoms with Gasteiger partial charge < -0.3 is 4.42 Å². The summed E-state index contributed by atoms with van der Waals surface area (Å²) in [6.45, 7) is 0. The van der Waals surface area contributed by atoms with Gasteiger partial charge in [0.2, 0.25) is 5.89 Å². The molecule has 0 bridgehead atoms. The van der Waals surface area contributed by atoms with Crippen molar-refractivity contribution in [1.29, 1.82) is 0 Å². The van der Waals surface area contributed by atoms with Crippen LogP contribution in [0.2, 0.25) is 5.02 Å². The van der Waals surface area contributed by atoms with Crippen molar-refractivity contribution >= 4 is 34.9 Å². The zero-order valence-electron chi connectivity index (χ0n) is 9.81. The first-order valence-corrected chi connectivity index (χ1v) is 6.08. The number of nitrogens with zero attached hydrogens (tertiary/aromatic N) is 1. The lowest BCUT2D eigenvalue weighted by Crippen LogP contribution is -1.73. The molecule has 1 heterocycles. The highest BCUT2D eigenvalue weighted by Crippen LogP contribution is 2.18. The Labute approximate surface area is 114 Å². The molecular weight excluding hydrogens is 265 g/mol. The summed E-state index contributed by atoms with van der Waals surface area (Å²) in [7, 11) is 0. The third-order valence-electron chi connectivity index (χ3n) is 2.65. The van der Waals surface area contributed by atoms with Crippen LogP contribution in [0.1, 0.15) is 11.5 Å². The molecule has 4 heteroatoms. The van der Waals surface area contributed by atoms with Gasteiger partial charge in [-0.05, 0) is 35.9 Å². The maximum Gasteiger partial charge on any atom is 0.220 e. The standard InChI is InChI=1S/C15H9ClFNO/c16-11-4-1-10(2-5-11)3-8-15-18-13-9-12(17)6-7-14(13)19-15/h1-9H/b8-3+. The largest absolute Gasteiger partial charge is 0.437 e. The molecule has 2 aromatic carbocycles. The summed E-state index contributed by atoms with van der Waals surface area (Å²) in [4.78, 5) is 4.19. The molecule has 0 saturated heterocycles. The minimum absolute atomic E-state index is 0.325. The van der Waals surface area contributed by atoms with E-state index in [0.717, 1.165) is 5.56 Å². The van der Waals surface area contributed by atoms with Gasteiger partial charge in [-0.25, -0.2) is 9.37 Å². The molecule has 0 atom stereocenters. The summed E-state index contributed by atoms with van der Waals surface area (Å²) in [5, 5.41) is 0.689. The van der Waals surface area contributed by atoms with Gasteiger partial charge >= 0.3 is 0 Å². The second-order valence-corrected chi connectivity index (χ2v) is 4.49. The van der Waals surface area contributed by atoms with E-state index in [2.05, 4.69) is 4.98 Å². The molecule has 0 saturated carbocycles. The van der Waals surface area contributed by atoms with Crippen LogP contribution in [-0.2, 0) is 0 Å². The van der Waals surface area contributed by atoms with Crippen LogP contribution < -0.4 is 0 Å². The van der Waals surface area contributed by atoms with Crippen molar-refractivity contribution in [2.24, 2.45) is 0 Å². The number of rotatable bonds is 2. The van der Waals surface area contributed by atoms with Crippen molar-refractivity contribution < 1.29 is 8.81 Å². The lowest BCUT2D eigenvalue weighted by Gasteiger charge is -1.92. The van der Waals surface area contributed by atoms with Gasteiger partial charge in [0.05, 0.1) is 0 Å². The van der Waals surface area contributed by atoms with Crippen molar-refractivity contribution in [1.82, 2.24) is 4.98 Å². The smallest absolute Gasteiger partial charge is 0.220 e. The normalized spacial score (nSPS) is 11.5. The summed E-state index contributed by atoms with van der Waals surface area (Å²) in [6, 6.07) is 11.7. The van der Waals surface area contributed by atoms with E-state index in [0.29, 0.717) is 22.0 Å². The summed E-state index contributed by atoms with van der Waals surface area (Å²) in [6.07, 6.45) is 3.60. The third-order valence-corrected chi connectivity index (χ3v) is 2.91. The Morgan fingerprint density at radius 1 is 1.05 bits per heavy atom. The Bertz CT molecular complexity index is 746. The molecule has 0 fully saturated rings. The third kappa shape index (κ3) is 2.66. The van der Waals surface area contributed by atoms with E-state index in [-0.39, 0.29) is 5.82 Å². The lowest BCUT2D eigenvalue weighted by atomic mass is 10.2. The summed E-state index contributed by atoms with van der Waals surface area (Å²) < 4.78 is 18.5. The van der Waals surface area contributed by atoms with Crippen LogP contribution in [0.5, 0.6) is 0 Å². The zero-order valence-corrected chi connectivity index (χ0v) is 10.6. The van der Waals surface area contributed by atoms with Gasteiger partial charge in [-0.3, -0.25) is 0 Å². The van der Waals surface area contributed by atoms with E-state index < -0.39 is 0 Å². The highest BCUT2D eigenvalue weighted by atomic mass is 35.5. The van der Waals surface area contributed by atoms with Crippen molar-refractivity contribution in [3.63, 3.8) is 0 Å². The Hall–Kier alpha value is -2.13. The molecule has 94 valence electrons. The number of fused-ring (bicyclic) bond motifs is 1. The van der Waals surface area contributed by atoms with Crippen LogP contribution in [0.25, 0.3) is 23.3 Å². The van der Waals surface area contributed by atoms with Crippen molar-refractivity contribution in [2.45, 2.75) is 0 Å². The molecule has 3 aromatic rings. The van der Waals surface area contributed by atoms with E-state index in [1.54, 1.807) is 12.1 Å². The first-order valence-electron chi connectivity index (χ1n) is 5.70. The molecular formula is C15H9ClFNO. The average molecular weight is 274 g/mol. The Morgan fingerprint density at radius 3 is 2.63 bits per heavy atom. The molecule has 0 unspecified atom stereocenters. The fraction of sp³-hybridized carbons (Fsp3) is 0. The number of oxazole rings is 1. The molecule has 0 aliphatic rings. The van der Waals surface area contributed by atoms with Gasteiger partial charge in [-0.2, -0.15) is 0 Å². The maximum atomic E-state index is 13.0. The fourth-order valence-corrected chi connectivity index (χ4v) is 1.86. The Morgan fingerprint density at radius 2 is 1.84 bits per heavy atom. The SMILES string of the molecule is Fc1ccc2oc(/C=C/c3ccc(Cl)cc3)nc2c1. The number of benzene rings is 2. The van der Waals surface area contributed by atoms with Crippen LogP contribution in [0.4, 0.5) is 4.39 Å². The molecule has 0 aliphatic carbocycles. The molecule has 3 rings (SSSR count). The summed E-state index contributed by atoms with van der Waals surface area (Å²) >= 11 is 5.81. The number of hydrogen-bond acceptors (Lipinski definition) is 2. The second kappa shape index (κ2) is 4.86. The van der Waals surface area contributed by atoms with Crippen molar-refractivity contribution in [3.05, 3.63) is 64.8 Å². The molecule has 0 N–H and O–H groups in total. The first-order chi connectivity index (χ1) is 9.20. The van der Waals surface area contributed by atoms with Crippen LogP contribution in [0, 0.1) is 5.82 Å². The monoisotopic (exact) mass is 273 g/mol. The predicted molar refractivity (Wildman–Crippen MR) is 74.3 cm³/mol. The lowest BCUT2D eigenvalue weighted by molar-refractivity contribution is 0.588. The highest BCUT2D eigenvalue weighted by Gasteiger charge is 2.03. The predicted octanol–water partition coefficient (Wildman–Crippen LogP) is 4.79. The Kier molecular flexibility index (Phi) is 3.05. The van der Waals surface area contributed by atoms with E-state index in [9.17, 15) is 4.39 Å². The molecule has 1 aromatic heterocycles. The summed E-state index contributed by atoms with van der Waals surface area (Å²) in [5.41, 5.74) is 2.06. The zero-order chi connectivity index (χ0) is 13.2. The number of halogens is 2. The minimum Gasteiger partial charge on any atom is -0.437 e. The highest BCUT2D eigenvalue weighted by molar-refractivity contribution is 6.30. The van der Waals surface area contributed by atoms with Crippen LogP contribution in [0.3, 0.4) is 0 Å². The van der Waals surface area contributed by atoms with E-state index in [4.69, 9.17) is 16.0 Å². The molecule has 0 spiro atoms. The maximum absolute atomic E-state index is 13.0. The second-order valence-electron chi connectivity index (χ2n) is 4.05. The van der Waals surface area contributed by atoms with Gasteiger partial charge in [0, 0.05) is 17.2 Å². The number of hydrogen-bond donors (Lipinski definition) is 0. The van der Waals surface area contributed by atoms with Crippen LogP contribution in [0.15, 0.2) is 46.9 Å². The first kappa shape index (κ1) is 11.9. The molecule has 2 nitrogen and oxygen atoms in total. The fourth-order valence-electron chi connectivity index (χ4n) is 1.73. The average Bonchev–Trinajstić information content (AvgIpc) is 2.80. The number of aromatic nitrogens is 1. The summed E-state index contributed by atoms with van der Waals surface area (Å²) in [5.74, 6) is 0.115. The van der Waals surface area contributed by atoms with Gasteiger partial charge in [-0.15, -0.1) is 0 Å². The van der Waals surface area contributed by atoms with E-state index in [1.807, 2.05) is 30.3 Å². The quantitative estimate of drug-likeness (QED) is 0.671.